The van der Waals surface area contributed by atoms with Crippen molar-refractivity contribution in [1.29, 1.82) is 0 Å². The van der Waals surface area contributed by atoms with Crippen LogP contribution in [0.25, 0.3) is 0 Å². The van der Waals surface area contributed by atoms with Gasteiger partial charge in [-0.25, -0.2) is 9.19 Å². The van der Waals surface area contributed by atoms with E-state index in [1.807, 2.05) is 0 Å². The van der Waals surface area contributed by atoms with Gasteiger partial charge in [0, 0.05) is 28.6 Å². The van der Waals surface area contributed by atoms with E-state index in [-0.39, 0.29) is 12.4 Å². The van der Waals surface area contributed by atoms with Crippen molar-refractivity contribution in [2.75, 3.05) is 19.1 Å². The fourth-order valence-electron chi connectivity index (χ4n) is 1.65. The molecule has 8 heteroatoms. The Morgan fingerprint density at radius 2 is 2.18 bits per heavy atom. The number of ether oxygens (including phenoxy) is 1. The minimum absolute atomic E-state index is 0.248. The molecule has 0 bridgehead atoms. The molecule has 1 aromatic rings. The highest BCUT2D eigenvalue weighted by molar-refractivity contribution is 7.99. The number of unbranched alkanes of at least 4 members (excludes halogenated alkanes) is 1. The molecule has 22 heavy (non-hydrogen) atoms. The van der Waals surface area contributed by atoms with E-state index in [0.717, 1.165) is 0 Å². The summed E-state index contributed by atoms with van der Waals surface area (Å²) in [6.07, 6.45) is 3.96. The SMILES string of the molecule is COC(=O)CCCC=S(C)(=O)NC(=O)c1cnc(N)c(C)c1. The zero-order valence-electron chi connectivity index (χ0n) is 12.9. The lowest BCUT2D eigenvalue weighted by Gasteiger charge is -2.09. The summed E-state index contributed by atoms with van der Waals surface area (Å²) in [5, 5.41) is 1.51. The summed E-state index contributed by atoms with van der Waals surface area (Å²) in [5.74, 6) is -0.445. The van der Waals surface area contributed by atoms with Crippen molar-refractivity contribution in [2.45, 2.75) is 26.2 Å². The molecule has 1 amide bonds. The Kier molecular flexibility index (Phi) is 6.36. The first kappa shape index (κ1) is 18.0. The first-order chi connectivity index (χ1) is 10.2. The lowest BCUT2D eigenvalue weighted by Crippen LogP contribution is -2.31. The van der Waals surface area contributed by atoms with Gasteiger partial charge in [-0.2, -0.15) is 0 Å². The average Bonchev–Trinajstić information content (AvgIpc) is 2.45. The Bertz CT molecular complexity index is 679. The van der Waals surface area contributed by atoms with Gasteiger partial charge in [0.25, 0.3) is 5.91 Å². The maximum absolute atomic E-state index is 12.3. The van der Waals surface area contributed by atoms with E-state index in [1.54, 1.807) is 13.0 Å². The number of aromatic nitrogens is 1. The molecule has 1 aromatic heterocycles. The van der Waals surface area contributed by atoms with Crippen molar-refractivity contribution in [3.05, 3.63) is 23.4 Å². The largest absolute Gasteiger partial charge is 0.469 e. The molecule has 0 saturated heterocycles. The number of carbonyl (C=O) groups excluding carboxylic acids is 2. The van der Waals surface area contributed by atoms with Gasteiger partial charge in [0.2, 0.25) is 0 Å². The predicted octanol–water partition coefficient (Wildman–Crippen LogP) is 0.677. The van der Waals surface area contributed by atoms with Crippen molar-refractivity contribution in [3.8, 4) is 0 Å². The average molecular weight is 327 g/mol. The number of methoxy groups -OCH3 is 1. The monoisotopic (exact) mass is 327 g/mol. The topological polar surface area (TPSA) is 111 Å². The van der Waals surface area contributed by atoms with Gasteiger partial charge in [0.1, 0.15) is 5.82 Å². The number of nitrogens with zero attached hydrogens (tertiary/aromatic N) is 1. The minimum Gasteiger partial charge on any atom is -0.469 e. The van der Waals surface area contributed by atoms with Crippen molar-refractivity contribution in [2.24, 2.45) is 0 Å². The van der Waals surface area contributed by atoms with Crippen molar-refractivity contribution >= 4 is 32.8 Å². The standard InChI is InChI=1S/C14H21N3O4S/c1-10-8-11(9-16-13(10)15)14(19)17-22(3,20)7-5-4-6-12(18)21-2/h7-9H,4-6H2,1-3H3,(H2,15,16)(H,17,19,20). The first-order valence-corrected chi connectivity index (χ1v) is 8.71. The fraction of sp³-hybridized carbons (Fsp3) is 0.429. The van der Waals surface area contributed by atoms with Crippen molar-refractivity contribution in [3.63, 3.8) is 0 Å². The number of aryl methyl sites for hydroxylation is 1. The molecule has 122 valence electrons. The molecule has 0 fully saturated rings. The number of nitrogens with two attached hydrogens (primary N) is 1. The molecule has 0 aliphatic carbocycles. The summed E-state index contributed by atoms with van der Waals surface area (Å²) < 4.78 is 19.3. The van der Waals surface area contributed by atoms with E-state index >= 15 is 0 Å². The Morgan fingerprint density at radius 1 is 1.50 bits per heavy atom. The maximum Gasteiger partial charge on any atom is 0.305 e. The highest BCUT2D eigenvalue weighted by Gasteiger charge is 2.11. The molecule has 1 atom stereocenters. The van der Waals surface area contributed by atoms with Crippen LogP contribution >= 0.6 is 0 Å². The quantitative estimate of drug-likeness (QED) is 0.451. The van der Waals surface area contributed by atoms with Gasteiger partial charge in [-0.15, -0.1) is 0 Å². The Hall–Kier alpha value is -2.09. The van der Waals surface area contributed by atoms with Crippen LogP contribution in [0.2, 0.25) is 0 Å². The summed E-state index contributed by atoms with van der Waals surface area (Å²) in [6.45, 7) is 1.74. The number of carbonyl (C=O) groups is 2. The molecule has 7 nitrogen and oxygen atoms in total. The third-order valence-corrected chi connectivity index (χ3v) is 4.39. The predicted molar refractivity (Wildman–Crippen MR) is 86.9 cm³/mol. The van der Waals surface area contributed by atoms with Gasteiger partial charge < -0.3 is 10.5 Å². The second-order valence-corrected chi connectivity index (χ2v) is 7.24. The minimum atomic E-state index is -2.64. The van der Waals surface area contributed by atoms with Gasteiger partial charge in [0.15, 0.2) is 0 Å². The van der Waals surface area contributed by atoms with E-state index in [1.165, 1.54) is 24.9 Å². The molecular formula is C14H21N3O4S. The number of amides is 1. The van der Waals surface area contributed by atoms with Gasteiger partial charge in [-0.1, -0.05) is 0 Å². The van der Waals surface area contributed by atoms with Crippen LogP contribution in [0.3, 0.4) is 0 Å². The molecule has 0 aliphatic rings. The Morgan fingerprint density at radius 3 is 2.77 bits per heavy atom. The van der Waals surface area contributed by atoms with Crippen LogP contribution < -0.4 is 10.5 Å². The van der Waals surface area contributed by atoms with Crippen molar-refractivity contribution < 1.29 is 18.5 Å². The smallest absolute Gasteiger partial charge is 0.305 e. The molecule has 3 N–H and O–H groups in total. The second kappa shape index (κ2) is 7.79. The third-order valence-electron chi connectivity index (χ3n) is 2.92. The zero-order valence-corrected chi connectivity index (χ0v) is 13.7. The summed E-state index contributed by atoms with van der Waals surface area (Å²) >= 11 is 0. The number of pyridine rings is 1. The van der Waals surface area contributed by atoms with Crippen LogP contribution in [0, 0.1) is 6.92 Å². The van der Waals surface area contributed by atoms with Crippen LogP contribution in [-0.4, -0.2) is 39.8 Å². The lowest BCUT2D eigenvalue weighted by molar-refractivity contribution is -0.140. The summed E-state index contributed by atoms with van der Waals surface area (Å²) in [5.41, 5.74) is 6.56. The van der Waals surface area contributed by atoms with E-state index in [0.29, 0.717) is 29.8 Å². The van der Waals surface area contributed by atoms with Crippen LogP contribution in [0.4, 0.5) is 5.82 Å². The molecule has 1 rings (SSSR count). The third kappa shape index (κ3) is 5.72. The van der Waals surface area contributed by atoms with Gasteiger partial charge in [-0.3, -0.25) is 14.3 Å². The first-order valence-electron chi connectivity index (χ1n) is 6.68. The van der Waals surface area contributed by atoms with Gasteiger partial charge in [-0.05, 0) is 36.8 Å². The summed E-state index contributed by atoms with van der Waals surface area (Å²) in [7, 11) is -1.32. The van der Waals surface area contributed by atoms with Gasteiger partial charge >= 0.3 is 5.97 Å². The molecule has 0 aromatic carbocycles. The van der Waals surface area contributed by atoms with E-state index in [9.17, 15) is 13.8 Å². The molecule has 0 spiro atoms. The van der Waals surface area contributed by atoms with E-state index in [4.69, 9.17) is 5.73 Å². The number of hydrogen-bond donors (Lipinski definition) is 2. The molecule has 1 heterocycles. The molecule has 0 saturated carbocycles. The van der Waals surface area contributed by atoms with Crippen molar-refractivity contribution in [1.82, 2.24) is 9.71 Å². The number of rotatable bonds is 6. The van der Waals surface area contributed by atoms with Crippen LogP contribution in [0.15, 0.2) is 12.3 Å². The highest BCUT2D eigenvalue weighted by atomic mass is 32.2. The molecule has 0 radical (unpaired) electrons. The van der Waals surface area contributed by atoms with E-state index in [2.05, 4.69) is 14.4 Å². The molecule has 1 unspecified atom stereocenters. The van der Waals surface area contributed by atoms with Crippen LogP contribution in [-0.2, 0) is 19.2 Å². The lowest BCUT2D eigenvalue weighted by atomic mass is 10.2. The molecule has 0 aliphatic heterocycles. The highest BCUT2D eigenvalue weighted by Crippen LogP contribution is 2.09. The Balaban J connectivity index is 2.66. The normalized spacial score (nSPS) is 13.0. The number of esters is 1. The number of anilines is 1. The summed E-state index contributed by atoms with van der Waals surface area (Å²) in [6, 6.07) is 1.59. The fourth-order valence-corrected chi connectivity index (χ4v) is 2.84. The second-order valence-electron chi connectivity index (χ2n) is 4.90. The van der Waals surface area contributed by atoms with E-state index < -0.39 is 15.6 Å². The summed E-state index contributed by atoms with van der Waals surface area (Å²) in [4.78, 5) is 26.9. The van der Waals surface area contributed by atoms with Crippen LogP contribution in [0.1, 0.15) is 35.2 Å². The number of nitrogen functional groups attached to an aromatic ring is 1. The Labute approximate surface area is 130 Å². The zero-order chi connectivity index (χ0) is 16.8. The number of nitrogens with one attached hydrogen (secondary N) is 1. The molecular weight excluding hydrogens is 306 g/mol. The number of hydrogen-bond acceptors (Lipinski definition) is 6. The van der Waals surface area contributed by atoms with Gasteiger partial charge in [0.05, 0.1) is 12.7 Å². The van der Waals surface area contributed by atoms with Crippen LogP contribution in [0.5, 0.6) is 0 Å². The maximum atomic E-state index is 12.3.